The molecule has 1 rings (SSSR count). The third-order valence-electron chi connectivity index (χ3n) is 3.79. The zero-order chi connectivity index (χ0) is 19.4. The van der Waals surface area contributed by atoms with Crippen molar-refractivity contribution in [3.05, 3.63) is 28.8 Å². The highest BCUT2D eigenvalue weighted by Crippen LogP contribution is 2.21. The highest BCUT2D eigenvalue weighted by atomic mass is 16.2. The number of benzene rings is 1. The average Bonchev–Trinajstić information content (AvgIpc) is 2.47. The fourth-order valence-corrected chi connectivity index (χ4v) is 2.36. The Morgan fingerprint density at radius 2 is 1.56 bits per heavy atom. The minimum atomic E-state index is -0.706. The van der Waals surface area contributed by atoms with E-state index in [1.165, 1.54) is 0 Å². The van der Waals surface area contributed by atoms with E-state index in [9.17, 15) is 14.4 Å². The van der Waals surface area contributed by atoms with Crippen molar-refractivity contribution in [2.45, 2.75) is 54.5 Å². The lowest BCUT2D eigenvalue weighted by molar-refractivity contribution is -0.133. The van der Waals surface area contributed by atoms with Crippen molar-refractivity contribution >= 4 is 23.4 Å². The summed E-state index contributed by atoms with van der Waals surface area (Å²) >= 11 is 0. The van der Waals surface area contributed by atoms with E-state index in [2.05, 4.69) is 16.0 Å². The quantitative estimate of drug-likeness (QED) is 0.763. The fraction of sp³-hybridized carbons (Fsp3) is 0.526. The van der Waals surface area contributed by atoms with Gasteiger partial charge in [0.25, 0.3) is 0 Å². The van der Waals surface area contributed by atoms with Crippen LogP contribution in [0.2, 0.25) is 0 Å². The van der Waals surface area contributed by atoms with Crippen molar-refractivity contribution in [2.75, 3.05) is 11.9 Å². The van der Waals surface area contributed by atoms with Crippen LogP contribution in [0.25, 0.3) is 0 Å². The van der Waals surface area contributed by atoms with Gasteiger partial charge in [0.1, 0.15) is 6.04 Å². The number of hydrogen-bond donors (Lipinski definition) is 3. The van der Waals surface area contributed by atoms with Crippen LogP contribution in [-0.4, -0.2) is 30.3 Å². The Balaban J connectivity index is 2.57. The van der Waals surface area contributed by atoms with Gasteiger partial charge in [-0.15, -0.1) is 0 Å². The van der Waals surface area contributed by atoms with Crippen molar-refractivity contribution in [1.29, 1.82) is 0 Å². The molecular weight excluding hydrogens is 318 g/mol. The normalized spacial score (nSPS) is 12.3. The number of carbonyl (C=O) groups excluding carboxylic acids is 3. The van der Waals surface area contributed by atoms with E-state index in [-0.39, 0.29) is 18.4 Å². The number of nitrogens with one attached hydrogen (secondary N) is 3. The second-order valence-electron chi connectivity index (χ2n) is 7.48. The Labute approximate surface area is 149 Å². The van der Waals surface area contributed by atoms with Crippen LogP contribution in [0, 0.1) is 26.2 Å². The van der Waals surface area contributed by atoms with Crippen LogP contribution >= 0.6 is 0 Å². The zero-order valence-corrected chi connectivity index (χ0v) is 16.2. The lowest BCUT2D eigenvalue weighted by Gasteiger charge is -2.21. The van der Waals surface area contributed by atoms with E-state index in [1.54, 1.807) is 27.7 Å². The Hall–Kier alpha value is -2.37. The van der Waals surface area contributed by atoms with Gasteiger partial charge >= 0.3 is 0 Å². The lowest BCUT2D eigenvalue weighted by Crippen LogP contribution is -2.49. The molecule has 0 aromatic heterocycles. The van der Waals surface area contributed by atoms with Crippen molar-refractivity contribution in [1.82, 2.24) is 10.6 Å². The third-order valence-corrected chi connectivity index (χ3v) is 3.79. The molecule has 0 saturated heterocycles. The number of hydrogen-bond acceptors (Lipinski definition) is 3. The fourth-order valence-electron chi connectivity index (χ4n) is 2.36. The van der Waals surface area contributed by atoms with Gasteiger partial charge in [-0.25, -0.2) is 0 Å². The Kier molecular flexibility index (Phi) is 6.73. The predicted molar refractivity (Wildman–Crippen MR) is 99.4 cm³/mol. The Morgan fingerprint density at radius 3 is 2.04 bits per heavy atom. The van der Waals surface area contributed by atoms with Gasteiger partial charge in [0.05, 0.1) is 6.54 Å². The van der Waals surface area contributed by atoms with Gasteiger partial charge < -0.3 is 16.0 Å². The summed E-state index contributed by atoms with van der Waals surface area (Å²) in [7, 11) is 0. The summed E-state index contributed by atoms with van der Waals surface area (Å²) in [5, 5.41) is 8.00. The maximum atomic E-state index is 12.1. The maximum absolute atomic E-state index is 12.1. The molecular formula is C19H29N3O3. The molecule has 0 fully saturated rings. The summed E-state index contributed by atoms with van der Waals surface area (Å²) in [5.41, 5.74) is 3.27. The van der Waals surface area contributed by atoms with Crippen LogP contribution in [0.5, 0.6) is 0 Å². The SMILES string of the molecule is Cc1cc(C)c(NC(=O)CNC(=O)C(C)NC(=O)C(C)(C)C)c(C)c1. The van der Waals surface area contributed by atoms with Crippen LogP contribution in [0.1, 0.15) is 44.4 Å². The smallest absolute Gasteiger partial charge is 0.243 e. The van der Waals surface area contributed by atoms with Crippen molar-refractivity contribution < 1.29 is 14.4 Å². The molecule has 0 radical (unpaired) electrons. The van der Waals surface area contributed by atoms with Crippen molar-refractivity contribution in [3.8, 4) is 0 Å². The van der Waals surface area contributed by atoms with Gasteiger partial charge in [0.15, 0.2) is 0 Å². The lowest BCUT2D eigenvalue weighted by atomic mass is 9.95. The molecule has 6 heteroatoms. The highest BCUT2D eigenvalue weighted by Gasteiger charge is 2.25. The molecule has 1 aromatic carbocycles. The molecule has 0 aliphatic carbocycles. The standard InChI is InChI=1S/C19H29N3O3/c1-11-8-12(2)16(13(3)9-11)22-15(23)10-20-17(24)14(4)21-18(25)19(5,6)7/h8-9,14H,10H2,1-7H3,(H,20,24)(H,21,25)(H,22,23). The number of anilines is 1. The molecule has 1 unspecified atom stereocenters. The van der Waals surface area contributed by atoms with Crippen molar-refractivity contribution in [2.24, 2.45) is 5.41 Å². The van der Waals surface area contributed by atoms with Gasteiger partial charge in [0.2, 0.25) is 17.7 Å². The van der Waals surface area contributed by atoms with E-state index < -0.39 is 17.4 Å². The first kappa shape index (κ1) is 20.7. The number of carbonyl (C=O) groups is 3. The number of amides is 3. The molecule has 1 aromatic rings. The second kappa shape index (κ2) is 8.14. The van der Waals surface area contributed by atoms with Gasteiger partial charge in [-0.1, -0.05) is 38.5 Å². The summed E-state index contributed by atoms with van der Waals surface area (Å²) in [6.45, 7) is 12.6. The Morgan fingerprint density at radius 1 is 1.04 bits per heavy atom. The first-order valence-electron chi connectivity index (χ1n) is 8.38. The zero-order valence-electron chi connectivity index (χ0n) is 16.2. The molecule has 0 bridgehead atoms. The van der Waals surface area contributed by atoms with E-state index in [4.69, 9.17) is 0 Å². The molecule has 0 spiro atoms. The van der Waals surface area contributed by atoms with E-state index in [1.807, 2.05) is 32.9 Å². The minimum absolute atomic E-state index is 0.151. The summed E-state index contributed by atoms with van der Waals surface area (Å²) < 4.78 is 0. The topological polar surface area (TPSA) is 87.3 Å². The largest absolute Gasteiger partial charge is 0.345 e. The van der Waals surface area contributed by atoms with E-state index >= 15 is 0 Å². The average molecular weight is 347 g/mol. The highest BCUT2D eigenvalue weighted by molar-refractivity contribution is 5.97. The molecule has 6 nitrogen and oxygen atoms in total. The van der Waals surface area contributed by atoms with Gasteiger partial charge in [-0.3, -0.25) is 14.4 Å². The molecule has 138 valence electrons. The van der Waals surface area contributed by atoms with Gasteiger partial charge in [-0.05, 0) is 38.8 Å². The van der Waals surface area contributed by atoms with Crippen LogP contribution in [0.3, 0.4) is 0 Å². The molecule has 0 heterocycles. The van der Waals surface area contributed by atoms with Gasteiger partial charge in [0, 0.05) is 11.1 Å². The molecule has 0 aliphatic rings. The summed E-state index contributed by atoms with van der Waals surface area (Å²) in [4.78, 5) is 36.0. The monoisotopic (exact) mass is 347 g/mol. The van der Waals surface area contributed by atoms with Crippen LogP contribution in [0.4, 0.5) is 5.69 Å². The second-order valence-corrected chi connectivity index (χ2v) is 7.48. The molecule has 3 amide bonds. The Bertz CT molecular complexity index is 652. The molecule has 0 saturated carbocycles. The van der Waals surface area contributed by atoms with Crippen molar-refractivity contribution in [3.63, 3.8) is 0 Å². The molecule has 0 aliphatic heterocycles. The molecule has 3 N–H and O–H groups in total. The summed E-state index contributed by atoms with van der Waals surface area (Å²) in [5.74, 6) is -0.923. The minimum Gasteiger partial charge on any atom is -0.345 e. The van der Waals surface area contributed by atoms with Crippen LogP contribution in [-0.2, 0) is 14.4 Å². The molecule has 1 atom stereocenters. The van der Waals surface area contributed by atoms with Gasteiger partial charge in [-0.2, -0.15) is 0 Å². The summed E-state index contributed by atoms with van der Waals surface area (Å²) in [6.07, 6.45) is 0. The predicted octanol–water partition coefficient (Wildman–Crippen LogP) is 2.22. The number of aryl methyl sites for hydroxylation is 3. The van der Waals surface area contributed by atoms with Crippen LogP contribution < -0.4 is 16.0 Å². The third kappa shape index (κ3) is 6.21. The first-order valence-corrected chi connectivity index (χ1v) is 8.38. The molecule has 25 heavy (non-hydrogen) atoms. The van der Waals surface area contributed by atoms with E-state index in [0.29, 0.717) is 0 Å². The number of rotatable bonds is 5. The summed E-state index contributed by atoms with van der Waals surface area (Å²) in [6, 6.07) is 3.28. The maximum Gasteiger partial charge on any atom is 0.243 e. The van der Waals surface area contributed by atoms with E-state index in [0.717, 1.165) is 22.4 Å². The first-order chi connectivity index (χ1) is 11.4. The van der Waals surface area contributed by atoms with Crippen LogP contribution in [0.15, 0.2) is 12.1 Å².